The van der Waals surface area contributed by atoms with Crippen molar-refractivity contribution < 1.29 is 21.1 Å². The summed E-state index contributed by atoms with van der Waals surface area (Å²) in [5.41, 5.74) is 3.99. The van der Waals surface area contributed by atoms with Gasteiger partial charge in [-0.2, -0.15) is 0 Å². The summed E-state index contributed by atoms with van der Waals surface area (Å²) in [5, 5.41) is 0. The Bertz CT molecular complexity index is 807. The van der Waals surface area contributed by atoms with Crippen LogP contribution in [-0.4, -0.2) is 4.82 Å². The van der Waals surface area contributed by atoms with Gasteiger partial charge in [0, 0.05) is 0 Å². The van der Waals surface area contributed by atoms with E-state index in [-0.39, 0.29) is 5.41 Å². The predicted octanol–water partition coefficient (Wildman–Crippen LogP) is 5.96. The topological polar surface area (TPSA) is 9.23 Å². The van der Waals surface area contributed by atoms with Crippen molar-refractivity contribution in [2.24, 2.45) is 5.41 Å². The Balaban J connectivity index is 1.83. The second-order valence-corrected chi connectivity index (χ2v) is 9.75. The molecule has 0 saturated carbocycles. The molecule has 2 aromatic carbocycles. The Hall–Kier alpha value is -1.70. The fourth-order valence-corrected chi connectivity index (χ4v) is 5.60. The van der Waals surface area contributed by atoms with Crippen LogP contribution in [0.1, 0.15) is 27.2 Å². The Morgan fingerprint density at radius 1 is 0.958 bits per heavy atom. The molecule has 0 radical (unpaired) electrons. The molecule has 0 saturated heterocycles. The van der Waals surface area contributed by atoms with Gasteiger partial charge in [-0.1, -0.05) is 0 Å². The quantitative estimate of drug-likeness (QED) is 0.617. The van der Waals surface area contributed by atoms with Gasteiger partial charge in [0.1, 0.15) is 0 Å². The second kappa shape index (κ2) is 7.05. The van der Waals surface area contributed by atoms with Gasteiger partial charge in [-0.05, 0) is 0 Å². The first-order chi connectivity index (χ1) is 11.4. The number of allylic oxidation sites excluding steroid dienone is 4. The van der Waals surface area contributed by atoms with Gasteiger partial charge in [0.15, 0.2) is 0 Å². The van der Waals surface area contributed by atoms with E-state index in [4.69, 9.17) is 3.32 Å². The van der Waals surface area contributed by atoms with Crippen LogP contribution in [0.4, 0.5) is 0 Å². The minimum atomic E-state index is -1.99. The van der Waals surface area contributed by atoms with Crippen molar-refractivity contribution in [1.29, 1.82) is 0 Å². The summed E-state index contributed by atoms with van der Waals surface area (Å²) in [7, 11) is 0. The first-order valence-electron chi connectivity index (χ1n) is 8.38. The Morgan fingerprint density at radius 2 is 1.67 bits per heavy atom. The molecule has 0 N–H and O–H groups in total. The summed E-state index contributed by atoms with van der Waals surface area (Å²) in [5.74, 6) is 0.939. The van der Waals surface area contributed by atoms with Gasteiger partial charge in [0.2, 0.25) is 0 Å². The molecule has 1 aliphatic carbocycles. The van der Waals surface area contributed by atoms with Gasteiger partial charge < -0.3 is 0 Å². The fourth-order valence-electron chi connectivity index (χ4n) is 3.05. The molecular formula is C22H24OTi. The van der Waals surface area contributed by atoms with Gasteiger partial charge in [-0.15, -0.1) is 0 Å². The van der Waals surface area contributed by atoms with E-state index in [1.54, 1.807) is 0 Å². The molecule has 0 aliphatic heterocycles. The van der Waals surface area contributed by atoms with Crippen molar-refractivity contribution in [2.45, 2.75) is 27.2 Å². The third kappa shape index (κ3) is 3.85. The van der Waals surface area contributed by atoms with Gasteiger partial charge >= 0.3 is 152 Å². The molecule has 0 unspecified atom stereocenters. The Kier molecular flexibility index (Phi) is 5.03. The molecule has 0 atom stereocenters. The van der Waals surface area contributed by atoms with E-state index in [0.29, 0.717) is 0 Å². The molecule has 0 heterocycles. The van der Waals surface area contributed by atoms with Crippen LogP contribution >= 0.6 is 0 Å². The molecule has 122 valence electrons. The van der Waals surface area contributed by atoms with Crippen molar-refractivity contribution in [3.05, 3.63) is 76.2 Å². The molecule has 0 amide bonds. The molecule has 0 fully saturated rings. The van der Waals surface area contributed by atoms with Crippen LogP contribution in [0.15, 0.2) is 76.2 Å². The molecule has 24 heavy (non-hydrogen) atoms. The number of hydrogen-bond acceptors (Lipinski definition) is 1. The van der Waals surface area contributed by atoms with Crippen LogP contribution in [0.3, 0.4) is 0 Å². The van der Waals surface area contributed by atoms with Gasteiger partial charge in [0.25, 0.3) is 0 Å². The van der Waals surface area contributed by atoms with Gasteiger partial charge in [-0.3, -0.25) is 0 Å². The van der Waals surface area contributed by atoms with E-state index >= 15 is 0 Å². The van der Waals surface area contributed by atoms with Gasteiger partial charge in [-0.25, -0.2) is 0 Å². The van der Waals surface area contributed by atoms with Crippen LogP contribution in [0, 0.1) is 5.41 Å². The van der Waals surface area contributed by atoms with Crippen molar-refractivity contribution >= 4 is 4.82 Å². The SMILES string of the molecule is [CH2]=[Ti]([O]c1cccc(-c2ccccc2)c1)[C]1=C(C(C)(C)C)C=CC1. The van der Waals surface area contributed by atoms with Crippen molar-refractivity contribution in [3.8, 4) is 16.9 Å². The van der Waals surface area contributed by atoms with Crippen LogP contribution in [-0.2, 0) is 17.8 Å². The summed E-state index contributed by atoms with van der Waals surface area (Å²) in [4.78, 5) is 4.43. The molecule has 2 aromatic rings. The normalized spacial score (nSPS) is 14.1. The van der Waals surface area contributed by atoms with Gasteiger partial charge in [0.05, 0.1) is 0 Å². The summed E-state index contributed by atoms with van der Waals surface area (Å²) >= 11 is -1.99. The zero-order chi connectivity index (χ0) is 17.2. The average Bonchev–Trinajstić information content (AvgIpc) is 3.06. The molecule has 0 aromatic heterocycles. The zero-order valence-electron chi connectivity index (χ0n) is 14.7. The predicted molar refractivity (Wildman–Crippen MR) is 99.9 cm³/mol. The molecule has 3 rings (SSSR count). The van der Waals surface area contributed by atoms with E-state index in [9.17, 15) is 0 Å². The standard InChI is InChI=1S/C12H10O.C9H13.CH2.Ti/c13-12-8-4-7-11(9-12)10-5-2-1-3-6-10;1-9(2,3)8-6-4-5-7-8;;/h1-9,13H;4,6H,5H2,1-3H3;1H2;/q;;;+1/p-1. The van der Waals surface area contributed by atoms with E-state index in [1.165, 1.54) is 20.6 Å². The second-order valence-electron chi connectivity index (χ2n) is 7.17. The number of rotatable bonds is 4. The molecule has 1 aliphatic rings. The molecular weight excluding hydrogens is 328 g/mol. The summed E-state index contributed by atoms with van der Waals surface area (Å²) in [6.07, 6.45) is 5.51. The Labute approximate surface area is 151 Å². The average molecular weight is 352 g/mol. The third-order valence-corrected chi connectivity index (χ3v) is 6.80. The van der Waals surface area contributed by atoms with Crippen molar-refractivity contribution in [3.63, 3.8) is 0 Å². The Morgan fingerprint density at radius 3 is 2.38 bits per heavy atom. The maximum absolute atomic E-state index is 6.34. The molecule has 0 spiro atoms. The van der Waals surface area contributed by atoms with Crippen LogP contribution in [0.5, 0.6) is 5.75 Å². The van der Waals surface area contributed by atoms with Crippen molar-refractivity contribution in [1.82, 2.24) is 0 Å². The van der Waals surface area contributed by atoms with Crippen LogP contribution < -0.4 is 3.32 Å². The number of benzene rings is 2. The summed E-state index contributed by atoms with van der Waals surface area (Å²) in [6, 6.07) is 18.8. The molecule has 1 nitrogen and oxygen atoms in total. The van der Waals surface area contributed by atoms with E-state index in [2.05, 4.69) is 80.2 Å². The van der Waals surface area contributed by atoms with Crippen LogP contribution in [0.25, 0.3) is 11.1 Å². The molecule has 0 bridgehead atoms. The third-order valence-electron chi connectivity index (χ3n) is 4.26. The monoisotopic (exact) mass is 352 g/mol. The fraction of sp³-hybridized carbons (Fsp3) is 0.227. The first-order valence-corrected chi connectivity index (χ1v) is 10.9. The minimum absolute atomic E-state index is 0.160. The first kappa shape index (κ1) is 17.1. The zero-order valence-corrected chi connectivity index (χ0v) is 16.2. The molecule has 2 heteroatoms. The van der Waals surface area contributed by atoms with Crippen LogP contribution in [0.2, 0.25) is 0 Å². The maximum atomic E-state index is 6.34. The number of hydrogen-bond donors (Lipinski definition) is 0. The summed E-state index contributed by atoms with van der Waals surface area (Å²) < 4.78 is 7.79. The van der Waals surface area contributed by atoms with E-state index in [0.717, 1.165) is 12.2 Å². The summed E-state index contributed by atoms with van der Waals surface area (Å²) in [6.45, 7) is 6.79. The van der Waals surface area contributed by atoms with E-state index in [1.807, 2.05) is 12.1 Å². The van der Waals surface area contributed by atoms with Crippen molar-refractivity contribution in [2.75, 3.05) is 0 Å². The van der Waals surface area contributed by atoms with E-state index < -0.39 is 17.8 Å².